The summed E-state index contributed by atoms with van der Waals surface area (Å²) in [4.78, 5) is 58.8. The number of hydrogen-bond donors (Lipinski definition) is 2. The van der Waals surface area contributed by atoms with Crippen molar-refractivity contribution < 1.29 is 32.6 Å². The van der Waals surface area contributed by atoms with Crippen LogP contribution in [0.5, 0.6) is 5.75 Å². The number of nitrogens with one attached hydrogen (secondary N) is 1. The number of piperazine rings is 1. The third kappa shape index (κ3) is 6.56. The van der Waals surface area contributed by atoms with Crippen LogP contribution in [0.25, 0.3) is 16.5 Å². The van der Waals surface area contributed by atoms with Crippen molar-refractivity contribution >= 4 is 51.9 Å². The van der Waals surface area contributed by atoms with Crippen molar-refractivity contribution in [1.29, 1.82) is 0 Å². The summed E-state index contributed by atoms with van der Waals surface area (Å²) >= 11 is 7.59. The number of aryl methyl sites for hydroxylation is 1. The molecule has 14 nitrogen and oxygen atoms in total. The zero-order chi connectivity index (χ0) is 36.9. The van der Waals surface area contributed by atoms with Crippen molar-refractivity contribution in [1.82, 2.24) is 34.0 Å². The van der Waals surface area contributed by atoms with E-state index in [0.717, 1.165) is 44.5 Å². The Morgan fingerprint density at radius 1 is 1.13 bits per heavy atom. The molecular formula is C33H31ClF3N9O5S. The molecule has 7 rings (SSSR count). The lowest BCUT2D eigenvalue weighted by molar-refractivity contribution is -0.137. The molecule has 0 bridgehead atoms. The number of amides is 2. The van der Waals surface area contributed by atoms with Gasteiger partial charge in [0.15, 0.2) is 17.3 Å². The predicted octanol–water partition coefficient (Wildman–Crippen LogP) is 4.33. The van der Waals surface area contributed by atoms with Crippen LogP contribution in [0.3, 0.4) is 0 Å². The second kappa shape index (κ2) is 13.8. The van der Waals surface area contributed by atoms with E-state index in [1.54, 1.807) is 11.5 Å². The zero-order valence-electron chi connectivity index (χ0n) is 27.8. The van der Waals surface area contributed by atoms with E-state index in [2.05, 4.69) is 20.4 Å². The monoisotopic (exact) mass is 757 g/mol. The number of halogens is 4. The largest absolute Gasteiger partial charge is 0.504 e. The van der Waals surface area contributed by atoms with E-state index in [9.17, 15) is 32.7 Å². The minimum atomic E-state index is -4.62. The molecule has 19 heteroatoms. The molecule has 1 aromatic carbocycles. The first-order valence-corrected chi connectivity index (χ1v) is 17.5. The highest BCUT2D eigenvalue weighted by Crippen LogP contribution is 2.35. The highest BCUT2D eigenvalue weighted by Gasteiger charge is 2.32. The van der Waals surface area contributed by atoms with Gasteiger partial charge >= 0.3 is 6.18 Å². The van der Waals surface area contributed by atoms with Gasteiger partial charge in [-0.3, -0.25) is 14.4 Å². The summed E-state index contributed by atoms with van der Waals surface area (Å²) in [5, 5.41) is 17.3. The van der Waals surface area contributed by atoms with Crippen LogP contribution in [0.4, 0.5) is 24.5 Å². The average molecular weight is 758 g/mol. The Kier molecular flexibility index (Phi) is 9.39. The highest BCUT2D eigenvalue weighted by molar-refractivity contribution is 7.15. The summed E-state index contributed by atoms with van der Waals surface area (Å²) in [6, 6.07) is 4.61. The first-order valence-electron chi connectivity index (χ1n) is 16.3. The molecule has 272 valence electrons. The van der Waals surface area contributed by atoms with Gasteiger partial charge in [0.1, 0.15) is 18.6 Å². The van der Waals surface area contributed by atoms with Gasteiger partial charge in [-0.2, -0.15) is 22.7 Å². The minimum Gasteiger partial charge on any atom is -0.504 e. The highest BCUT2D eigenvalue weighted by atomic mass is 35.5. The van der Waals surface area contributed by atoms with Crippen molar-refractivity contribution in [3.63, 3.8) is 0 Å². The molecule has 5 aromatic rings. The first-order chi connectivity index (χ1) is 24.8. The van der Waals surface area contributed by atoms with Crippen molar-refractivity contribution in [2.75, 3.05) is 43.0 Å². The number of aromatic nitrogens is 6. The SMILES string of the molecule is CCc1c(N2CCN(C(=O)c3ncnc(C)c3O)CC2)c(=O)n2nc(-c3cc4c(s3)COCC4)nc2n1CC(=O)Nc1ccc(C(F)(F)F)cc1Cl. The first kappa shape index (κ1) is 35.3. The van der Waals surface area contributed by atoms with Crippen LogP contribution >= 0.6 is 22.9 Å². The number of benzene rings is 1. The van der Waals surface area contributed by atoms with Gasteiger partial charge in [0.05, 0.1) is 45.8 Å². The molecule has 6 heterocycles. The van der Waals surface area contributed by atoms with Crippen LogP contribution in [0.1, 0.15) is 44.8 Å². The summed E-state index contributed by atoms with van der Waals surface area (Å²) in [5.74, 6) is -1.02. The quantitative estimate of drug-likeness (QED) is 0.245. The van der Waals surface area contributed by atoms with Gasteiger partial charge in [-0.05, 0) is 49.6 Å². The van der Waals surface area contributed by atoms with Gasteiger partial charge in [0, 0.05) is 31.1 Å². The summed E-state index contributed by atoms with van der Waals surface area (Å²) < 4.78 is 48.0. The second-order valence-electron chi connectivity index (χ2n) is 12.2. The summed E-state index contributed by atoms with van der Waals surface area (Å²) in [6.07, 6.45) is -2.39. The number of thiophene rings is 1. The fraction of sp³-hybridized carbons (Fsp3) is 0.364. The normalized spacial score (nSPS) is 14.9. The molecule has 0 spiro atoms. The fourth-order valence-electron chi connectivity index (χ4n) is 6.32. The lowest BCUT2D eigenvalue weighted by Crippen LogP contribution is -2.51. The number of anilines is 2. The van der Waals surface area contributed by atoms with E-state index in [0.29, 0.717) is 18.9 Å². The molecule has 0 radical (unpaired) electrons. The van der Waals surface area contributed by atoms with Crippen LogP contribution in [0, 0.1) is 6.92 Å². The van der Waals surface area contributed by atoms with Crippen LogP contribution in [-0.2, 0) is 41.7 Å². The van der Waals surface area contributed by atoms with E-state index in [-0.39, 0.29) is 84.3 Å². The number of alkyl halides is 3. The summed E-state index contributed by atoms with van der Waals surface area (Å²) in [6.45, 7) is 4.91. The standard InChI is InChI=1S/C33H31ClF3N9O5S/c1-3-22-27(43-7-9-44(10-8-43)30(49)26-28(48)17(2)38-16-39-26)31(50)46-32(41-29(42-46)23-12-18-6-11-51-15-24(18)52-23)45(22)14-25(47)40-21-5-4-19(13-20(21)34)33(35,36)37/h4-5,12-13,16,48H,3,6-11,14-15H2,1-2H3,(H,40,47). The topological polar surface area (TPSA) is 160 Å². The number of carbonyl (C=O) groups excluding carboxylic acids is 2. The molecule has 1 saturated heterocycles. The molecule has 2 amide bonds. The maximum Gasteiger partial charge on any atom is 0.416 e. The maximum atomic E-state index is 14.3. The lowest BCUT2D eigenvalue weighted by atomic mass is 10.1. The lowest BCUT2D eigenvalue weighted by Gasteiger charge is -2.36. The third-order valence-corrected chi connectivity index (χ3v) is 10.4. The Bertz CT molecular complexity index is 2260. The van der Waals surface area contributed by atoms with Crippen LogP contribution in [0.2, 0.25) is 5.02 Å². The Labute approximate surface area is 302 Å². The average Bonchev–Trinajstić information content (AvgIpc) is 3.76. The van der Waals surface area contributed by atoms with Crippen LogP contribution < -0.4 is 15.8 Å². The molecular weight excluding hydrogens is 727 g/mol. The van der Waals surface area contributed by atoms with Crippen LogP contribution in [-0.4, -0.2) is 83.7 Å². The fourth-order valence-corrected chi connectivity index (χ4v) is 7.63. The molecule has 2 N–H and O–H groups in total. The molecule has 0 atom stereocenters. The Hall–Kier alpha value is -5.07. The van der Waals surface area contributed by atoms with Gasteiger partial charge in [-0.1, -0.05) is 18.5 Å². The predicted molar refractivity (Wildman–Crippen MR) is 185 cm³/mol. The maximum absolute atomic E-state index is 14.3. The van der Waals surface area contributed by atoms with Gasteiger partial charge in [0.2, 0.25) is 11.7 Å². The van der Waals surface area contributed by atoms with Crippen molar-refractivity contribution in [3.8, 4) is 16.5 Å². The van der Waals surface area contributed by atoms with Gasteiger partial charge < -0.3 is 29.5 Å². The second-order valence-corrected chi connectivity index (χ2v) is 13.8. The van der Waals surface area contributed by atoms with Crippen molar-refractivity contribution in [2.24, 2.45) is 0 Å². The van der Waals surface area contributed by atoms with E-state index < -0.39 is 29.1 Å². The van der Waals surface area contributed by atoms with E-state index in [1.807, 2.05) is 17.9 Å². The van der Waals surface area contributed by atoms with Gasteiger partial charge in [-0.25, -0.2) is 9.97 Å². The number of nitrogens with zero attached hydrogens (tertiary/aromatic N) is 8. The number of carbonyl (C=O) groups is 2. The van der Waals surface area contributed by atoms with Gasteiger partial charge in [-0.15, -0.1) is 16.4 Å². The summed E-state index contributed by atoms with van der Waals surface area (Å²) in [5.41, 5.74) is 0.545. The molecule has 4 aromatic heterocycles. The van der Waals surface area contributed by atoms with Gasteiger partial charge in [0.25, 0.3) is 11.5 Å². The van der Waals surface area contributed by atoms with Crippen molar-refractivity contribution in [3.05, 3.63) is 79.1 Å². The number of aromatic hydroxyl groups is 1. The Morgan fingerprint density at radius 2 is 1.90 bits per heavy atom. The van der Waals surface area contributed by atoms with E-state index in [1.165, 1.54) is 22.6 Å². The van der Waals surface area contributed by atoms with E-state index in [4.69, 9.17) is 21.3 Å². The van der Waals surface area contributed by atoms with E-state index >= 15 is 0 Å². The number of fused-ring (bicyclic) bond motifs is 2. The number of rotatable bonds is 7. The Morgan fingerprint density at radius 3 is 2.60 bits per heavy atom. The molecule has 0 aliphatic carbocycles. The van der Waals surface area contributed by atoms with Crippen molar-refractivity contribution in [2.45, 2.75) is 46.0 Å². The smallest absolute Gasteiger partial charge is 0.416 e. The third-order valence-electron chi connectivity index (χ3n) is 8.99. The Balaban J connectivity index is 1.25. The minimum absolute atomic E-state index is 0.0192. The molecule has 1 fully saturated rings. The van der Waals surface area contributed by atoms with Crippen LogP contribution in [0.15, 0.2) is 35.4 Å². The molecule has 2 aliphatic rings. The number of hydrogen-bond acceptors (Lipinski definition) is 11. The summed E-state index contributed by atoms with van der Waals surface area (Å²) in [7, 11) is 0. The number of ether oxygens (including phenoxy) is 1. The molecule has 0 saturated carbocycles. The zero-order valence-corrected chi connectivity index (χ0v) is 29.4. The molecule has 2 aliphatic heterocycles. The molecule has 52 heavy (non-hydrogen) atoms. The molecule has 0 unspecified atom stereocenters.